The number of carbonyl (C=O) groups is 2. The highest BCUT2D eigenvalue weighted by atomic mass is 32.1. The number of nitrogens with zero attached hydrogens (tertiary/aromatic N) is 2. The van der Waals surface area contributed by atoms with Crippen molar-refractivity contribution in [1.29, 1.82) is 0 Å². The first-order valence-electron chi connectivity index (χ1n) is 7.59. The van der Waals surface area contributed by atoms with Crippen LogP contribution in [0.25, 0.3) is 0 Å². The number of urea groups is 1. The lowest BCUT2D eigenvalue weighted by Crippen LogP contribution is -2.47. The van der Waals surface area contributed by atoms with E-state index >= 15 is 0 Å². The number of aliphatic carboxylic acids is 1. The number of ether oxygens (including phenoxy) is 1. The summed E-state index contributed by atoms with van der Waals surface area (Å²) in [6.45, 7) is 7.81. The second kappa shape index (κ2) is 7.27. The Labute approximate surface area is 139 Å². The number of carboxylic acid groups (broad SMARTS) is 1. The van der Waals surface area contributed by atoms with Crippen LogP contribution in [0.1, 0.15) is 44.0 Å². The zero-order valence-electron chi connectivity index (χ0n) is 13.7. The number of carboxylic acids is 1. The quantitative estimate of drug-likeness (QED) is 0.874. The van der Waals surface area contributed by atoms with Crippen molar-refractivity contribution in [1.82, 2.24) is 15.2 Å². The predicted molar refractivity (Wildman–Crippen MR) is 86.7 cm³/mol. The molecule has 2 amide bonds. The molecule has 0 saturated carbocycles. The molecule has 0 spiro atoms. The molecule has 0 bridgehead atoms. The van der Waals surface area contributed by atoms with Gasteiger partial charge in [0, 0.05) is 23.9 Å². The van der Waals surface area contributed by atoms with E-state index in [1.54, 1.807) is 16.2 Å². The summed E-state index contributed by atoms with van der Waals surface area (Å²) in [6, 6.07) is -0.257. The van der Waals surface area contributed by atoms with E-state index in [9.17, 15) is 9.59 Å². The highest BCUT2D eigenvalue weighted by Gasteiger charge is 2.28. The van der Waals surface area contributed by atoms with Gasteiger partial charge in [0.05, 0.1) is 25.3 Å². The lowest BCUT2D eigenvalue weighted by Gasteiger charge is -2.32. The molecule has 2 heterocycles. The van der Waals surface area contributed by atoms with Crippen LogP contribution in [0.5, 0.6) is 0 Å². The first kappa shape index (κ1) is 17.7. The van der Waals surface area contributed by atoms with E-state index in [2.05, 4.69) is 31.1 Å². The van der Waals surface area contributed by atoms with Crippen LogP contribution in [-0.2, 0) is 14.9 Å². The van der Waals surface area contributed by atoms with Gasteiger partial charge in [0.25, 0.3) is 0 Å². The monoisotopic (exact) mass is 341 g/mol. The number of rotatable bonds is 4. The fraction of sp³-hybridized carbons (Fsp3) is 0.667. The Kier molecular flexibility index (Phi) is 5.59. The minimum atomic E-state index is -0.928. The van der Waals surface area contributed by atoms with E-state index in [1.807, 2.05) is 5.38 Å². The Hall–Kier alpha value is -1.67. The van der Waals surface area contributed by atoms with Gasteiger partial charge < -0.3 is 20.1 Å². The van der Waals surface area contributed by atoms with Crippen molar-refractivity contribution >= 4 is 23.3 Å². The average molecular weight is 341 g/mol. The molecule has 1 atom stereocenters. The van der Waals surface area contributed by atoms with Gasteiger partial charge in [0.15, 0.2) is 0 Å². The maximum Gasteiger partial charge on any atom is 0.317 e. The maximum atomic E-state index is 12.1. The third-order valence-corrected chi connectivity index (χ3v) is 4.47. The number of hydrogen-bond donors (Lipinski definition) is 2. The Balaban J connectivity index is 1.94. The molecule has 1 aromatic heterocycles. The summed E-state index contributed by atoms with van der Waals surface area (Å²) in [5.41, 5.74) is 1.00. The van der Waals surface area contributed by atoms with Crippen molar-refractivity contribution in [3.8, 4) is 0 Å². The Morgan fingerprint density at radius 3 is 2.87 bits per heavy atom. The summed E-state index contributed by atoms with van der Waals surface area (Å²) < 4.78 is 5.75. The van der Waals surface area contributed by atoms with Gasteiger partial charge in [-0.25, -0.2) is 9.78 Å². The molecule has 8 heteroatoms. The van der Waals surface area contributed by atoms with Crippen LogP contribution in [0.4, 0.5) is 4.79 Å². The van der Waals surface area contributed by atoms with Crippen LogP contribution in [0.15, 0.2) is 5.38 Å². The van der Waals surface area contributed by atoms with Crippen molar-refractivity contribution in [2.45, 2.75) is 38.7 Å². The number of thiazole rings is 1. The Bertz CT molecular complexity index is 567. The summed E-state index contributed by atoms with van der Waals surface area (Å²) in [4.78, 5) is 28.8. The minimum absolute atomic E-state index is 0.0166. The lowest BCUT2D eigenvalue weighted by atomic mass is 9.93. The van der Waals surface area contributed by atoms with E-state index in [4.69, 9.17) is 9.84 Å². The van der Waals surface area contributed by atoms with Gasteiger partial charge in [0.1, 0.15) is 11.1 Å². The fourth-order valence-electron chi connectivity index (χ4n) is 2.15. The van der Waals surface area contributed by atoms with Crippen LogP contribution in [0.2, 0.25) is 0 Å². The lowest BCUT2D eigenvalue weighted by molar-refractivity contribution is -0.136. The van der Waals surface area contributed by atoms with Gasteiger partial charge in [0.2, 0.25) is 0 Å². The first-order valence-corrected chi connectivity index (χ1v) is 8.47. The number of hydrogen-bond acceptors (Lipinski definition) is 5. The molecule has 1 aliphatic rings. The number of morpholine rings is 1. The third-order valence-electron chi connectivity index (χ3n) is 3.53. The summed E-state index contributed by atoms with van der Waals surface area (Å²) in [7, 11) is 0. The van der Waals surface area contributed by atoms with E-state index in [0.717, 1.165) is 10.7 Å². The van der Waals surface area contributed by atoms with Crippen LogP contribution in [-0.4, -0.2) is 53.2 Å². The number of amides is 2. The van der Waals surface area contributed by atoms with Crippen LogP contribution in [0.3, 0.4) is 0 Å². The normalized spacial score (nSPS) is 18.7. The van der Waals surface area contributed by atoms with Crippen molar-refractivity contribution < 1.29 is 19.4 Å². The molecule has 1 aliphatic heterocycles. The molecule has 23 heavy (non-hydrogen) atoms. The number of aromatic nitrogens is 1. The van der Waals surface area contributed by atoms with E-state index in [0.29, 0.717) is 19.7 Å². The van der Waals surface area contributed by atoms with Crippen LogP contribution >= 0.6 is 11.3 Å². The van der Waals surface area contributed by atoms with Gasteiger partial charge in [-0.3, -0.25) is 4.79 Å². The highest BCUT2D eigenvalue weighted by molar-refractivity contribution is 7.09. The fourth-order valence-corrected chi connectivity index (χ4v) is 3.24. The summed E-state index contributed by atoms with van der Waals surface area (Å²) in [5.74, 6) is -0.928. The molecule has 0 aromatic carbocycles. The standard InChI is InChI=1S/C15H23N3O4S/c1-15(2,3)11-9-23-13(17-11)10-8-18(6-7-22-10)14(21)16-5-4-12(19)20/h9-10H,4-8H2,1-3H3,(H,16,21)(H,19,20). The number of carbonyl (C=O) groups excluding carboxylic acids is 1. The Morgan fingerprint density at radius 2 is 2.26 bits per heavy atom. The molecular formula is C15H23N3O4S. The van der Waals surface area contributed by atoms with E-state index in [-0.39, 0.29) is 30.5 Å². The molecule has 0 aliphatic carbocycles. The number of nitrogens with one attached hydrogen (secondary N) is 1. The Morgan fingerprint density at radius 1 is 1.52 bits per heavy atom. The average Bonchev–Trinajstić information content (AvgIpc) is 2.97. The zero-order valence-corrected chi connectivity index (χ0v) is 14.5. The molecule has 1 fully saturated rings. The molecular weight excluding hydrogens is 318 g/mol. The minimum Gasteiger partial charge on any atom is -0.481 e. The molecule has 7 nitrogen and oxygen atoms in total. The summed E-state index contributed by atoms with van der Waals surface area (Å²) in [6.07, 6.45) is -0.309. The predicted octanol–water partition coefficient (Wildman–Crippen LogP) is 2.00. The molecule has 2 N–H and O–H groups in total. The van der Waals surface area contributed by atoms with Crippen LogP contribution in [0, 0.1) is 0 Å². The maximum absolute atomic E-state index is 12.1. The molecule has 1 aromatic rings. The largest absolute Gasteiger partial charge is 0.481 e. The van der Waals surface area contributed by atoms with Crippen molar-refractivity contribution in [2.75, 3.05) is 26.2 Å². The third kappa shape index (κ3) is 4.90. The zero-order chi connectivity index (χ0) is 17.0. The van der Waals surface area contributed by atoms with Gasteiger partial charge >= 0.3 is 12.0 Å². The smallest absolute Gasteiger partial charge is 0.317 e. The summed E-state index contributed by atoms with van der Waals surface area (Å²) in [5, 5.41) is 14.1. The second-order valence-corrected chi connectivity index (χ2v) is 7.39. The molecule has 2 rings (SSSR count). The first-order chi connectivity index (χ1) is 10.8. The molecule has 1 unspecified atom stereocenters. The highest BCUT2D eigenvalue weighted by Crippen LogP contribution is 2.30. The van der Waals surface area contributed by atoms with Gasteiger partial charge in [-0.2, -0.15) is 0 Å². The second-order valence-electron chi connectivity index (χ2n) is 6.50. The van der Waals surface area contributed by atoms with E-state index < -0.39 is 5.97 Å². The summed E-state index contributed by atoms with van der Waals surface area (Å²) >= 11 is 1.55. The molecule has 0 radical (unpaired) electrons. The van der Waals surface area contributed by atoms with Crippen LogP contribution < -0.4 is 5.32 Å². The van der Waals surface area contributed by atoms with Crippen molar-refractivity contribution in [2.24, 2.45) is 0 Å². The van der Waals surface area contributed by atoms with Gasteiger partial charge in [-0.05, 0) is 0 Å². The van der Waals surface area contributed by atoms with Crippen molar-refractivity contribution in [3.05, 3.63) is 16.1 Å². The topological polar surface area (TPSA) is 91.8 Å². The molecule has 128 valence electrons. The SMILES string of the molecule is CC(C)(C)c1csc(C2CN(C(=O)NCCC(=O)O)CCO2)n1. The van der Waals surface area contributed by atoms with Gasteiger partial charge in [-0.15, -0.1) is 11.3 Å². The van der Waals surface area contributed by atoms with Crippen molar-refractivity contribution in [3.63, 3.8) is 0 Å². The van der Waals surface area contributed by atoms with Gasteiger partial charge in [-0.1, -0.05) is 20.8 Å². The van der Waals surface area contributed by atoms with E-state index in [1.165, 1.54) is 0 Å². The molecule has 1 saturated heterocycles.